The Morgan fingerprint density at radius 1 is 1.12 bits per heavy atom. The number of carbonyl (C=O) groups is 1. The third-order valence-corrected chi connectivity index (χ3v) is 4.45. The number of aromatic nitrogens is 2. The summed E-state index contributed by atoms with van der Waals surface area (Å²) in [6.45, 7) is 2.13. The van der Waals surface area contributed by atoms with Crippen LogP contribution < -0.4 is 5.32 Å². The fraction of sp³-hybridized carbons (Fsp3) is 0.143. The Labute approximate surface area is 150 Å². The van der Waals surface area contributed by atoms with Gasteiger partial charge >= 0.3 is 0 Å². The minimum absolute atomic E-state index is 0.105. The molecule has 0 aliphatic heterocycles. The number of aryl methyl sites for hydroxylation is 1. The van der Waals surface area contributed by atoms with Crippen molar-refractivity contribution in [3.05, 3.63) is 65.9 Å². The number of para-hydroxylation sites is 1. The molecule has 0 aliphatic carbocycles. The number of carbonyl (C=O) groups excluding carboxylic acids is 1. The van der Waals surface area contributed by atoms with Crippen LogP contribution in [0.3, 0.4) is 0 Å². The second-order valence-corrected chi connectivity index (χ2v) is 6.29. The zero-order valence-corrected chi connectivity index (χ0v) is 14.4. The van der Waals surface area contributed by atoms with Crippen molar-refractivity contribution in [2.24, 2.45) is 0 Å². The van der Waals surface area contributed by atoms with E-state index in [0.29, 0.717) is 5.69 Å². The molecule has 130 valence electrons. The van der Waals surface area contributed by atoms with Gasteiger partial charge in [-0.25, -0.2) is 4.98 Å². The van der Waals surface area contributed by atoms with Gasteiger partial charge in [0.05, 0.1) is 17.8 Å². The first kappa shape index (κ1) is 16.3. The summed E-state index contributed by atoms with van der Waals surface area (Å²) in [5.41, 5.74) is 5.11. The molecule has 5 nitrogen and oxygen atoms in total. The van der Waals surface area contributed by atoms with Crippen LogP contribution in [-0.2, 0) is 0 Å². The number of H-pyrrole nitrogens is 1. The van der Waals surface area contributed by atoms with Crippen LogP contribution in [0, 0.1) is 6.92 Å². The standard InChI is InChI=1S/C21H19N3O2/c1-13-6-8-14(9-7-13)19-20-16(15-4-2-3-5-17(15)23-20)12-18(24-19)21(26)22-10-11-25/h2-9,12,23,25H,10-11H2,1H3,(H,22,26). The van der Waals surface area contributed by atoms with Gasteiger partial charge in [0, 0.05) is 28.4 Å². The summed E-state index contributed by atoms with van der Waals surface area (Å²) in [6, 6.07) is 17.9. The van der Waals surface area contributed by atoms with Gasteiger partial charge in [-0.3, -0.25) is 4.79 Å². The number of hydrogen-bond acceptors (Lipinski definition) is 3. The van der Waals surface area contributed by atoms with E-state index in [2.05, 4.69) is 15.3 Å². The molecule has 4 aromatic rings. The van der Waals surface area contributed by atoms with Crippen molar-refractivity contribution in [2.45, 2.75) is 6.92 Å². The number of nitrogens with one attached hydrogen (secondary N) is 2. The van der Waals surface area contributed by atoms with Crippen LogP contribution in [-0.4, -0.2) is 34.1 Å². The van der Waals surface area contributed by atoms with E-state index in [1.165, 1.54) is 5.56 Å². The third-order valence-electron chi connectivity index (χ3n) is 4.45. The maximum Gasteiger partial charge on any atom is 0.270 e. The number of fused-ring (bicyclic) bond motifs is 3. The normalized spacial score (nSPS) is 11.2. The number of aliphatic hydroxyl groups is 1. The van der Waals surface area contributed by atoms with E-state index >= 15 is 0 Å². The summed E-state index contributed by atoms with van der Waals surface area (Å²) in [6.07, 6.45) is 0. The lowest BCUT2D eigenvalue weighted by molar-refractivity contribution is 0.0940. The summed E-state index contributed by atoms with van der Waals surface area (Å²) < 4.78 is 0. The lowest BCUT2D eigenvalue weighted by Gasteiger charge is -2.08. The quantitative estimate of drug-likeness (QED) is 0.530. The SMILES string of the molecule is Cc1ccc(-c2nc(C(=O)NCCO)cc3c2[nH]c2ccccc23)cc1. The number of rotatable bonds is 4. The lowest BCUT2D eigenvalue weighted by atomic mass is 10.1. The largest absolute Gasteiger partial charge is 0.395 e. The highest BCUT2D eigenvalue weighted by molar-refractivity contribution is 6.13. The van der Waals surface area contributed by atoms with Gasteiger partial charge < -0.3 is 15.4 Å². The molecule has 0 saturated heterocycles. The molecule has 0 aliphatic rings. The molecule has 0 unspecified atom stereocenters. The Morgan fingerprint density at radius 3 is 2.65 bits per heavy atom. The number of benzene rings is 2. The topological polar surface area (TPSA) is 78.0 Å². The first-order valence-corrected chi connectivity index (χ1v) is 8.55. The highest BCUT2D eigenvalue weighted by Crippen LogP contribution is 2.32. The van der Waals surface area contributed by atoms with Gasteiger partial charge in [0.1, 0.15) is 5.69 Å². The Bertz CT molecular complexity index is 1100. The number of pyridine rings is 1. The van der Waals surface area contributed by atoms with Gasteiger partial charge in [0.25, 0.3) is 5.91 Å². The van der Waals surface area contributed by atoms with Crippen LogP contribution in [0.4, 0.5) is 0 Å². The fourth-order valence-electron chi connectivity index (χ4n) is 3.14. The molecule has 26 heavy (non-hydrogen) atoms. The molecule has 0 radical (unpaired) electrons. The molecule has 1 amide bonds. The molecule has 2 aromatic carbocycles. The molecule has 5 heteroatoms. The highest BCUT2D eigenvalue weighted by Gasteiger charge is 2.16. The Hall–Kier alpha value is -3.18. The van der Waals surface area contributed by atoms with Gasteiger partial charge in [0.2, 0.25) is 0 Å². The first-order chi connectivity index (χ1) is 12.7. The van der Waals surface area contributed by atoms with E-state index < -0.39 is 0 Å². The molecule has 3 N–H and O–H groups in total. The maximum absolute atomic E-state index is 12.4. The molecular weight excluding hydrogens is 326 g/mol. The second-order valence-electron chi connectivity index (χ2n) is 6.29. The van der Waals surface area contributed by atoms with E-state index in [-0.39, 0.29) is 19.1 Å². The maximum atomic E-state index is 12.4. The third kappa shape index (κ3) is 2.82. The minimum Gasteiger partial charge on any atom is -0.395 e. The molecule has 2 heterocycles. The average molecular weight is 345 g/mol. The number of aliphatic hydroxyl groups excluding tert-OH is 1. The number of amides is 1. The fourth-order valence-corrected chi connectivity index (χ4v) is 3.14. The summed E-state index contributed by atoms with van der Waals surface area (Å²) >= 11 is 0. The van der Waals surface area contributed by atoms with Gasteiger partial charge in [-0.05, 0) is 19.1 Å². The van der Waals surface area contributed by atoms with Crippen molar-refractivity contribution in [3.8, 4) is 11.3 Å². The molecule has 2 aromatic heterocycles. The van der Waals surface area contributed by atoms with E-state index in [1.54, 1.807) is 6.07 Å². The molecule has 0 saturated carbocycles. The lowest BCUT2D eigenvalue weighted by Crippen LogP contribution is -2.27. The minimum atomic E-state index is -0.292. The van der Waals surface area contributed by atoms with Crippen LogP contribution in [0.2, 0.25) is 0 Å². The van der Waals surface area contributed by atoms with E-state index in [9.17, 15) is 4.79 Å². The van der Waals surface area contributed by atoms with Crippen molar-refractivity contribution in [2.75, 3.05) is 13.2 Å². The number of hydrogen-bond donors (Lipinski definition) is 3. The van der Waals surface area contributed by atoms with Gasteiger partial charge in [-0.15, -0.1) is 0 Å². The molecule has 4 rings (SSSR count). The number of aromatic amines is 1. The molecule has 0 spiro atoms. The molecule has 0 fully saturated rings. The van der Waals surface area contributed by atoms with Crippen molar-refractivity contribution in [1.29, 1.82) is 0 Å². The van der Waals surface area contributed by atoms with Crippen LogP contribution in [0.25, 0.3) is 33.1 Å². The van der Waals surface area contributed by atoms with Crippen LogP contribution >= 0.6 is 0 Å². The summed E-state index contributed by atoms with van der Waals surface area (Å²) in [7, 11) is 0. The smallest absolute Gasteiger partial charge is 0.270 e. The van der Waals surface area contributed by atoms with Crippen LogP contribution in [0.5, 0.6) is 0 Å². The molecule has 0 atom stereocenters. The second kappa shape index (κ2) is 6.61. The first-order valence-electron chi connectivity index (χ1n) is 8.55. The zero-order valence-electron chi connectivity index (χ0n) is 14.4. The van der Waals surface area contributed by atoms with E-state index in [1.807, 2.05) is 55.5 Å². The number of nitrogens with zero attached hydrogens (tertiary/aromatic N) is 1. The van der Waals surface area contributed by atoms with E-state index in [4.69, 9.17) is 5.11 Å². The van der Waals surface area contributed by atoms with E-state index in [0.717, 1.165) is 33.1 Å². The average Bonchev–Trinajstić information content (AvgIpc) is 3.05. The Kier molecular flexibility index (Phi) is 4.14. The van der Waals surface area contributed by atoms with Crippen molar-refractivity contribution < 1.29 is 9.90 Å². The van der Waals surface area contributed by atoms with Gasteiger partial charge in [-0.1, -0.05) is 48.0 Å². The summed E-state index contributed by atoms with van der Waals surface area (Å²) in [5, 5.41) is 13.6. The Balaban J connectivity index is 1.98. The summed E-state index contributed by atoms with van der Waals surface area (Å²) in [5.74, 6) is -0.292. The molecule has 0 bridgehead atoms. The monoisotopic (exact) mass is 345 g/mol. The van der Waals surface area contributed by atoms with Crippen LogP contribution in [0.15, 0.2) is 54.6 Å². The highest BCUT2D eigenvalue weighted by atomic mass is 16.3. The van der Waals surface area contributed by atoms with Gasteiger partial charge in [0.15, 0.2) is 0 Å². The van der Waals surface area contributed by atoms with Gasteiger partial charge in [-0.2, -0.15) is 0 Å². The van der Waals surface area contributed by atoms with Crippen molar-refractivity contribution in [3.63, 3.8) is 0 Å². The summed E-state index contributed by atoms with van der Waals surface area (Å²) in [4.78, 5) is 20.5. The molecular formula is C21H19N3O2. The van der Waals surface area contributed by atoms with Crippen LogP contribution in [0.1, 0.15) is 16.1 Å². The Morgan fingerprint density at radius 2 is 1.88 bits per heavy atom. The predicted molar refractivity (Wildman–Crippen MR) is 103 cm³/mol. The van der Waals surface area contributed by atoms with Crippen molar-refractivity contribution in [1.82, 2.24) is 15.3 Å². The predicted octanol–water partition coefficient (Wildman–Crippen LogP) is 3.41. The zero-order chi connectivity index (χ0) is 18.1. The van der Waals surface area contributed by atoms with Crippen molar-refractivity contribution >= 4 is 27.7 Å².